The number of furan rings is 1. The number of benzene rings is 1. The van der Waals surface area contributed by atoms with Crippen LogP contribution in [-0.4, -0.2) is 6.04 Å². The van der Waals surface area contributed by atoms with Gasteiger partial charge < -0.3 is 14.5 Å². The van der Waals surface area contributed by atoms with Gasteiger partial charge in [-0.2, -0.15) is 0 Å². The molecule has 0 unspecified atom stereocenters. The van der Waals surface area contributed by atoms with Crippen molar-refractivity contribution in [3.63, 3.8) is 0 Å². The summed E-state index contributed by atoms with van der Waals surface area (Å²) in [4.78, 5) is 0. The summed E-state index contributed by atoms with van der Waals surface area (Å²) in [6.45, 7) is 9.00. The van der Waals surface area contributed by atoms with Gasteiger partial charge in [-0.05, 0) is 43.7 Å². The first-order valence-electron chi connectivity index (χ1n) is 7.16. The third kappa shape index (κ3) is 4.33. The van der Waals surface area contributed by atoms with Gasteiger partial charge in [0, 0.05) is 18.2 Å². The number of hydrogen-bond donors (Lipinski definition) is 1. The molecule has 114 valence electrons. The summed E-state index contributed by atoms with van der Waals surface area (Å²) < 4.78 is 24.5. The van der Waals surface area contributed by atoms with E-state index in [1.165, 1.54) is 6.07 Å². The van der Waals surface area contributed by atoms with E-state index in [0.29, 0.717) is 24.0 Å². The molecule has 1 aromatic carbocycles. The quantitative estimate of drug-likeness (QED) is 0.869. The van der Waals surface area contributed by atoms with Crippen molar-refractivity contribution in [3.8, 4) is 5.75 Å². The standard InChI is InChI=1S/C17H22FNO2/c1-11(2)19-9-14-8-16(21-13(14)4)10-20-15-5-6-17(18)12(3)7-15/h5-8,11,19H,9-10H2,1-4H3. The fourth-order valence-electron chi connectivity index (χ4n) is 2.01. The van der Waals surface area contributed by atoms with Gasteiger partial charge in [-0.25, -0.2) is 4.39 Å². The lowest BCUT2D eigenvalue weighted by Crippen LogP contribution is -2.21. The average molecular weight is 291 g/mol. The van der Waals surface area contributed by atoms with Gasteiger partial charge in [0.2, 0.25) is 0 Å². The Morgan fingerprint density at radius 1 is 1.24 bits per heavy atom. The molecule has 4 heteroatoms. The summed E-state index contributed by atoms with van der Waals surface area (Å²) in [5, 5.41) is 3.36. The smallest absolute Gasteiger partial charge is 0.146 e. The Balaban J connectivity index is 1.96. The number of hydrogen-bond acceptors (Lipinski definition) is 3. The fourth-order valence-corrected chi connectivity index (χ4v) is 2.01. The van der Waals surface area contributed by atoms with Crippen molar-refractivity contribution in [3.05, 3.63) is 52.7 Å². The lowest BCUT2D eigenvalue weighted by atomic mass is 10.2. The number of halogens is 1. The van der Waals surface area contributed by atoms with Gasteiger partial charge in [0.15, 0.2) is 0 Å². The second-order valence-electron chi connectivity index (χ2n) is 5.53. The van der Waals surface area contributed by atoms with Gasteiger partial charge in [0.25, 0.3) is 0 Å². The molecule has 21 heavy (non-hydrogen) atoms. The van der Waals surface area contributed by atoms with Gasteiger partial charge in [0.05, 0.1) is 0 Å². The van der Waals surface area contributed by atoms with Crippen LogP contribution in [0.1, 0.15) is 36.5 Å². The summed E-state index contributed by atoms with van der Waals surface area (Å²) in [5.74, 6) is 2.09. The van der Waals surface area contributed by atoms with Crippen LogP contribution in [0.15, 0.2) is 28.7 Å². The third-order valence-corrected chi connectivity index (χ3v) is 3.28. The van der Waals surface area contributed by atoms with Crippen molar-refractivity contribution in [2.24, 2.45) is 0 Å². The zero-order chi connectivity index (χ0) is 15.4. The zero-order valence-corrected chi connectivity index (χ0v) is 13.0. The Kier molecular flexibility index (Phi) is 5.02. The van der Waals surface area contributed by atoms with E-state index in [9.17, 15) is 4.39 Å². The van der Waals surface area contributed by atoms with Crippen LogP contribution in [0.25, 0.3) is 0 Å². The van der Waals surface area contributed by atoms with Gasteiger partial charge in [-0.1, -0.05) is 13.8 Å². The normalized spacial score (nSPS) is 11.1. The largest absolute Gasteiger partial charge is 0.486 e. The van der Waals surface area contributed by atoms with Crippen molar-refractivity contribution in [2.75, 3.05) is 0 Å². The first-order valence-corrected chi connectivity index (χ1v) is 7.16. The van der Waals surface area contributed by atoms with E-state index in [2.05, 4.69) is 19.2 Å². The topological polar surface area (TPSA) is 34.4 Å². The molecule has 0 bridgehead atoms. The second kappa shape index (κ2) is 6.76. The number of rotatable bonds is 6. The number of nitrogens with one attached hydrogen (secondary N) is 1. The number of aryl methyl sites for hydroxylation is 2. The molecule has 1 N–H and O–H groups in total. The van der Waals surface area contributed by atoms with Crippen molar-refractivity contribution < 1.29 is 13.5 Å². The molecule has 2 aromatic rings. The maximum Gasteiger partial charge on any atom is 0.146 e. The predicted molar refractivity (Wildman–Crippen MR) is 80.9 cm³/mol. The summed E-state index contributed by atoms with van der Waals surface area (Å²) in [6, 6.07) is 7.16. The van der Waals surface area contributed by atoms with Gasteiger partial charge >= 0.3 is 0 Å². The highest BCUT2D eigenvalue weighted by Crippen LogP contribution is 2.20. The summed E-state index contributed by atoms with van der Waals surface area (Å²) >= 11 is 0. The fraction of sp³-hybridized carbons (Fsp3) is 0.412. The first-order chi connectivity index (χ1) is 9.95. The van der Waals surface area contributed by atoms with E-state index in [1.807, 2.05) is 13.0 Å². The van der Waals surface area contributed by atoms with E-state index in [4.69, 9.17) is 9.15 Å². The van der Waals surface area contributed by atoms with Gasteiger partial charge in [0.1, 0.15) is 29.7 Å². The van der Waals surface area contributed by atoms with Crippen LogP contribution >= 0.6 is 0 Å². The molecule has 0 atom stereocenters. The molecule has 1 heterocycles. The highest BCUT2D eigenvalue weighted by Gasteiger charge is 2.09. The summed E-state index contributed by atoms with van der Waals surface area (Å²) in [7, 11) is 0. The van der Waals surface area contributed by atoms with Crippen molar-refractivity contribution in [1.29, 1.82) is 0 Å². The first kappa shape index (κ1) is 15.6. The summed E-state index contributed by atoms with van der Waals surface area (Å²) in [5.41, 5.74) is 1.71. The molecule has 0 saturated carbocycles. The molecule has 0 spiro atoms. The average Bonchev–Trinajstić information content (AvgIpc) is 2.78. The Hall–Kier alpha value is -1.81. The minimum atomic E-state index is -0.224. The van der Waals surface area contributed by atoms with E-state index >= 15 is 0 Å². The van der Waals surface area contributed by atoms with Crippen LogP contribution in [0, 0.1) is 19.7 Å². The lowest BCUT2D eigenvalue weighted by molar-refractivity contribution is 0.267. The Labute approximate surface area is 125 Å². The van der Waals surface area contributed by atoms with E-state index in [0.717, 1.165) is 23.6 Å². The Morgan fingerprint density at radius 2 is 2.00 bits per heavy atom. The van der Waals surface area contributed by atoms with E-state index in [-0.39, 0.29) is 5.82 Å². The van der Waals surface area contributed by atoms with Crippen LogP contribution in [-0.2, 0) is 13.2 Å². The molecule has 0 amide bonds. The van der Waals surface area contributed by atoms with Crippen molar-refractivity contribution in [1.82, 2.24) is 5.32 Å². The molecule has 0 fully saturated rings. The molecule has 2 rings (SSSR count). The monoisotopic (exact) mass is 291 g/mol. The molecule has 0 aliphatic rings. The molecule has 3 nitrogen and oxygen atoms in total. The highest BCUT2D eigenvalue weighted by atomic mass is 19.1. The Morgan fingerprint density at radius 3 is 2.67 bits per heavy atom. The van der Waals surface area contributed by atoms with Crippen LogP contribution in [0.4, 0.5) is 4.39 Å². The maximum atomic E-state index is 13.2. The van der Waals surface area contributed by atoms with Crippen LogP contribution in [0.2, 0.25) is 0 Å². The van der Waals surface area contributed by atoms with Crippen LogP contribution < -0.4 is 10.1 Å². The molecule has 0 saturated heterocycles. The van der Waals surface area contributed by atoms with Gasteiger partial charge in [-0.3, -0.25) is 0 Å². The molecule has 0 aliphatic carbocycles. The highest BCUT2D eigenvalue weighted by molar-refractivity contribution is 5.29. The number of ether oxygens (including phenoxy) is 1. The van der Waals surface area contributed by atoms with Crippen molar-refractivity contribution in [2.45, 2.75) is 46.9 Å². The zero-order valence-electron chi connectivity index (χ0n) is 13.0. The molecular weight excluding hydrogens is 269 g/mol. The maximum absolute atomic E-state index is 13.2. The minimum Gasteiger partial charge on any atom is -0.486 e. The van der Waals surface area contributed by atoms with E-state index in [1.54, 1.807) is 19.1 Å². The van der Waals surface area contributed by atoms with Crippen molar-refractivity contribution >= 4 is 0 Å². The Bertz CT molecular complexity index is 605. The lowest BCUT2D eigenvalue weighted by Gasteiger charge is -2.06. The predicted octanol–water partition coefficient (Wildman–Crippen LogP) is 4.11. The SMILES string of the molecule is Cc1cc(OCc2cc(CNC(C)C)c(C)o2)ccc1F. The molecular formula is C17H22FNO2. The van der Waals surface area contributed by atoms with Crippen LogP contribution in [0.5, 0.6) is 5.75 Å². The molecule has 0 aliphatic heterocycles. The summed E-state index contributed by atoms with van der Waals surface area (Å²) in [6.07, 6.45) is 0. The second-order valence-corrected chi connectivity index (χ2v) is 5.53. The molecule has 0 radical (unpaired) electrons. The van der Waals surface area contributed by atoms with E-state index < -0.39 is 0 Å². The van der Waals surface area contributed by atoms with Gasteiger partial charge in [-0.15, -0.1) is 0 Å². The third-order valence-electron chi connectivity index (χ3n) is 3.28. The molecule has 1 aromatic heterocycles. The minimum absolute atomic E-state index is 0.224. The van der Waals surface area contributed by atoms with Crippen LogP contribution in [0.3, 0.4) is 0 Å².